The van der Waals surface area contributed by atoms with E-state index in [1.165, 1.54) is 6.42 Å². The van der Waals surface area contributed by atoms with E-state index in [0.29, 0.717) is 12.1 Å². The van der Waals surface area contributed by atoms with Crippen molar-refractivity contribution in [1.29, 1.82) is 0 Å². The van der Waals surface area contributed by atoms with Crippen LogP contribution >= 0.6 is 0 Å². The first kappa shape index (κ1) is 13.5. The van der Waals surface area contributed by atoms with Crippen LogP contribution in [0.15, 0.2) is 0 Å². The van der Waals surface area contributed by atoms with Crippen molar-refractivity contribution >= 4 is 5.91 Å². The molecule has 0 aliphatic carbocycles. The molecule has 2 atom stereocenters. The highest BCUT2D eigenvalue weighted by Crippen LogP contribution is 2.34. The molecule has 16 heavy (non-hydrogen) atoms. The van der Waals surface area contributed by atoms with Gasteiger partial charge in [-0.15, -0.1) is 0 Å². The number of rotatable bonds is 2. The minimum atomic E-state index is 0.179. The highest BCUT2D eigenvalue weighted by Gasteiger charge is 2.38. The van der Waals surface area contributed by atoms with Gasteiger partial charge >= 0.3 is 0 Å². The summed E-state index contributed by atoms with van der Waals surface area (Å²) in [5, 5.41) is 3.20. The second-order valence-electron chi connectivity index (χ2n) is 5.95. The maximum absolute atomic E-state index is 11.8. The van der Waals surface area contributed by atoms with E-state index in [-0.39, 0.29) is 11.3 Å². The van der Waals surface area contributed by atoms with Crippen molar-refractivity contribution < 1.29 is 4.79 Å². The molecule has 0 aromatic rings. The van der Waals surface area contributed by atoms with Crippen molar-refractivity contribution in [3.63, 3.8) is 0 Å². The van der Waals surface area contributed by atoms with Gasteiger partial charge in [-0.2, -0.15) is 0 Å². The second-order valence-corrected chi connectivity index (χ2v) is 5.95. The molecule has 0 saturated carbocycles. The fraction of sp³-hybridized carbons (Fsp3) is 0.923. The van der Waals surface area contributed by atoms with E-state index >= 15 is 0 Å². The fourth-order valence-corrected chi connectivity index (χ4v) is 2.84. The van der Waals surface area contributed by atoms with Crippen LogP contribution in [-0.4, -0.2) is 36.5 Å². The zero-order valence-corrected chi connectivity index (χ0v) is 11.3. The van der Waals surface area contributed by atoms with Crippen molar-refractivity contribution in [1.82, 2.24) is 10.2 Å². The van der Waals surface area contributed by atoms with Crippen LogP contribution in [0.4, 0.5) is 0 Å². The summed E-state index contributed by atoms with van der Waals surface area (Å²) in [4.78, 5) is 14.0. The summed E-state index contributed by atoms with van der Waals surface area (Å²) in [6, 6.07) is 0.762. The quantitative estimate of drug-likeness (QED) is 0.781. The summed E-state index contributed by atoms with van der Waals surface area (Å²) < 4.78 is 0. The van der Waals surface area contributed by atoms with Crippen molar-refractivity contribution in [3.05, 3.63) is 0 Å². The van der Waals surface area contributed by atoms with Crippen LogP contribution in [0, 0.1) is 5.41 Å². The molecule has 0 aromatic carbocycles. The van der Waals surface area contributed by atoms with Gasteiger partial charge in [0.15, 0.2) is 0 Å². The monoisotopic (exact) mass is 226 g/mol. The van der Waals surface area contributed by atoms with Gasteiger partial charge in [0.2, 0.25) is 5.91 Å². The van der Waals surface area contributed by atoms with E-state index in [1.807, 2.05) is 7.05 Å². The summed E-state index contributed by atoms with van der Waals surface area (Å²) in [5.74, 6) is 0.222. The van der Waals surface area contributed by atoms with Gasteiger partial charge in [0, 0.05) is 25.6 Å². The maximum Gasteiger partial charge on any atom is 0.220 e. The van der Waals surface area contributed by atoms with E-state index in [1.54, 1.807) is 6.92 Å². The number of nitrogens with one attached hydrogen (secondary N) is 1. The number of piperidine rings is 1. The molecule has 0 bridgehead atoms. The number of hydrogen-bond acceptors (Lipinski definition) is 2. The number of nitrogens with zero attached hydrogens (tertiary/aromatic N) is 1. The normalized spacial score (nSPS) is 26.9. The molecule has 3 nitrogen and oxygen atoms in total. The summed E-state index contributed by atoms with van der Waals surface area (Å²) in [7, 11) is 1.96. The third-order valence-electron chi connectivity index (χ3n) is 3.55. The fourth-order valence-electron chi connectivity index (χ4n) is 2.84. The Morgan fingerprint density at radius 2 is 2.00 bits per heavy atom. The Bertz CT molecular complexity index is 243. The lowest BCUT2D eigenvalue weighted by molar-refractivity contribution is -0.139. The van der Waals surface area contributed by atoms with Gasteiger partial charge < -0.3 is 10.2 Å². The van der Waals surface area contributed by atoms with Crippen LogP contribution < -0.4 is 5.32 Å². The molecule has 2 unspecified atom stereocenters. The lowest BCUT2D eigenvalue weighted by atomic mass is 9.78. The summed E-state index contributed by atoms with van der Waals surface area (Å²) in [5.41, 5.74) is 0.179. The van der Waals surface area contributed by atoms with Gasteiger partial charge in [-0.3, -0.25) is 4.79 Å². The van der Waals surface area contributed by atoms with Crippen LogP contribution in [-0.2, 0) is 4.79 Å². The van der Waals surface area contributed by atoms with Gasteiger partial charge in [-0.1, -0.05) is 20.8 Å². The number of carbonyl (C=O) groups excluding carboxylic acids is 1. The standard InChI is InChI=1S/C13H26N2O/c1-10(16)15-11(9-14-5)7-6-8-12(15)13(2,3)4/h11-12,14H,6-9H2,1-5H3. The highest BCUT2D eigenvalue weighted by atomic mass is 16.2. The van der Waals surface area contributed by atoms with Crippen LogP contribution in [0.5, 0.6) is 0 Å². The molecule has 0 aromatic heterocycles. The molecular formula is C13H26N2O. The lowest BCUT2D eigenvalue weighted by Gasteiger charge is -2.47. The predicted octanol–water partition coefficient (Wildman–Crippen LogP) is 2.02. The Hall–Kier alpha value is -0.570. The van der Waals surface area contributed by atoms with Crippen molar-refractivity contribution in [2.24, 2.45) is 5.41 Å². The first-order valence-corrected chi connectivity index (χ1v) is 6.31. The zero-order valence-electron chi connectivity index (χ0n) is 11.3. The van der Waals surface area contributed by atoms with E-state index in [4.69, 9.17) is 0 Å². The molecule has 1 N–H and O–H groups in total. The number of likely N-dealkylation sites (N-methyl/N-ethyl adjacent to an activating group) is 1. The molecular weight excluding hydrogens is 200 g/mol. The van der Waals surface area contributed by atoms with E-state index in [0.717, 1.165) is 19.4 Å². The molecule has 1 amide bonds. The average Bonchev–Trinajstić information content (AvgIpc) is 2.16. The zero-order chi connectivity index (χ0) is 12.3. The van der Waals surface area contributed by atoms with E-state index in [2.05, 4.69) is 31.0 Å². The minimum absolute atomic E-state index is 0.179. The lowest BCUT2D eigenvalue weighted by Crippen LogP contribution is -2.56. The molecule has 0 spiro atoms. The predicted molar refractivity (Wildman–Crippen MR) is 67.3 cm³/mol. The molecule has 3 heteroatoms. The third kappa shape index (κ3) is 2.97. The number of carbonyl (C=O) groups is 1. The van der Waals surface area contributed by atoms with Crippen molar-refractivity contribution in [2.45, 2.75) is 59.0 Å². The Morgan fingerprint density at radius 1 is 1.38 bits per heavy atom. The van der Waals surface area contributed by atoms with Gasteiger partial charge in [0.1, 0.15) is 0 Å². The SMILES string of the molecule is CNCC1CCCC(C(C)(C)C)N1C(C)=O. The largest absolute Gasteiger partial charge is 0.335 e. The van der Waals surface area contributed by atoms with E-state index < -0.39 is 0 Å². The molecule has 94 valence electrons. The first-order chi connectivity index (χ1) is 7.38. The highest BCUT2D eigenvalue weighted by molar-refractivity contribution is 5.74. The Morgan fingerprint density at radius 3 is 2.44 bits per heavy atom. The van der Waals surface area contributed by atoms with Crippen LogP contribution in [0.2, 0.25) is 0 Å². The molecule has 0 radical (unpaired) electrons. The molecule has 1 rings (SSSR count). The molecule has 1 aliphatic rings. The van der Waals surface area contributed by atoms with Crippen molar-refractivity contribution in [3.8, 4) is 0 Å². The Labute approximate surface area is 99.6 Å². The summed E-state index contributed by atoms with van der Waals surface area (Å²) in [6.45, 7) is 9.30. The maximum atomic E-state index is 11.8. The Balaban J connectivity index is 2.86. The minimum Gasteiger partial charge on any atom is -0.335 e. The van der Waals surface area contributed by atoms with Gasteiger partial charge in [0.25, 0.3) is 0 Å². The van der Waals surface area contributed by atoms with Gasteiger partial charge in [-0.25, -0.2) is 0 Å². The molecule has 1 aliphatic heterocycles. The van der Waals surface area contributed by atoms with Gasteiger partial charge in [0.05, 0.1) is 0 Å². The molecule has 1 fully saturated rings. The smallest absolute Gasteiger partial charge is 0.220 e. The summed E-state index contributed by atoms with van der Waals surface area (Å²) in [6.07, 6.45) is 3.51. The third-order valence-corrected chi connectivity index (χ3v) is 3.55. The molecule has 1 saturated heterocycles. The molecule has 1 heterocycles. The summed E-state index contributed by atoms with van der Waals surface area (Å²) >= 11 is 0. The Kier molecular flexibility index (Phi) is 4.36. The van der Waals surface area contributed by atoms with Crippen molar-refractivity contribution in [2.75, 3.05) is 13.6 Å². The first-order valence-electron chi connectivity index (χ1n) is 6.31. The number of amides is 1. The number of hydrogen-bond donors (Lipinski definition) is 1. The van der Waals surface area contributed by atoms with Crippen LogP contribution in [0.1, 0.15) is 47.0 Å². The average molecular weight is 226 g/mol. The second kappa shape index (κ2) is 5.17. The van der Waals surface area contributed by atoms with Gasteiger partial charge in [-0.05, 0) is 31.7 Å². The van der Waals surface area contributed by atoms with Crippen LogP contribution in [0.3, 0.4) is 0 Å². The van der Waals surface area contributed by atoms with E-state index in [9.17, 15) is 4.79 Å². The topological polar surface area (TPSA) is 32.3 Å². The van der Waals surface area contributed by atoms with Crippen LogP contribution in [0.25, 0.3) is 0 Å². The number of likely N-dealkylation sites (tertiary alicyclic amines) is 1.